The summed E-state index contributed by atoms with van der Waals surface area (Å²) in [4.78, 5) is 0. The van der Waals surface area contributed by atoms with E-state index in [0.717, 1.165) is 0 Å². The summed E-state index contributed by atoms with van der Waals surface area (Å²) in [5, 5.41) is 0. The van der Waals surface area contributed by atoms with Gasteiger partial charge in [-0.25, -0.2) is 0 Å². The summed E-state index contributed by atoms with van der Waals surface area (Å²) in [7, 11) is 0. The van der Waals surface area contributed by atoms with Crippen LogP contribution in [-0.2, 0) is 32.1 Å². The SMILES string of the molecule is Cc1ccc(/[C](c2ccccc2)=[Zr+2](/[C]2=CC(C(C)(C)C)=CC2C)[CH]2c3ccc(C(C)(C)C)cc3-c3cc(C(C)(C)C)ccc32)cc1.[Cl-].[Cl-]. The van der Waals surface area contributed by atoms with Crippen LogP contribution in [0.1, 0.15) is 112 Å². The predicted molar refractivity (Wildman–Crippen MR) is 197 cm³/mol. The van der Waals surface area contributed by atoms with Crippen LogP contribution in [0.3, 0.4) is 0 Å². The number of halogens is 2. The molecule has 0 saturated heterocycles. The summed E-state index contributed by atoms with van der Waals surface area (Å²) in [5.74, 6) is 0.433. The summed E-state index contributed by atoms with van der Waals surface area (Å²) in [5.41, 5.74) is 14.7. The van der Waals surface area contributed by atoms with Crippen LogP contribution in [-0.4, -0.2) is 3.21 Å². The number of allylic oxidation sites excluding steroid dienone is 4. The van der Waals surface area contributed by atoms with Crippen LogP contribution >= 0.6 is 0 Å². The molecule has 6 rings (SSSR count). The summed E-state index contributed by atoms with van der Waals surface area (Å²) in [6, 6.07) is 35.8. The van der Waals surface area contributed by atoms with E-state index in [1.165, 1.54) is 44.5 Å². The van der Waals surface area contributed by atoms with E-state index < -0.39 is 21.3 Å². The molecule has 1 unspecified atom stereocenters. The minimum absolute atomic E-state index is 0. The van der Waals surface area contributed by atoms with Gasteiger partial charge in [-0.1, -0.05) is 0 Å². The molecular formula is C45H52Cl2Zr. The standard InChI is InChI=1S/C21H25.C14H12.C10H15.2ClH.Zr/c1-20(2,3)16-9-7-14-11-15-8-10-17(21(4,5)6)13-19(15)18(14)12-16;1-12-7-9-14(10-8-12)11-13-5-3-2-4-6-13;1-8-5-6-9(7-8)10(2,3)4;;;/h7-13H,1-6H3;2-10H,1H3;6-8H,1-4H3;2*1H;/q;;;;;+2/p-2. The summed E-state index contributed by atoms with van der Waals surface area (Å²) >= 11 is -2.84. The molecule has 0 spiro atoms. The van der Waals surface area contributed by atoms with Gasteiger partial charge in [-0.05, 0) is 0 Å². The molecule has 2 aliphatic carbocycles. The molecule has 4 aromatic carbocycles. The van der Waals surface area contributed by atoms with Gasteiger partial charge < -0.3 is 24.8 Å². The fraction of sp³-hybridized carbons (Fsp3) is 0.356. The number of benzene rings is 4. The van der Waals surface area contributed by atoms with Crippen molar-refractivity contribution >= 4 is 3.21 Å². The number of fused-ring (bicyclic) bond motifs is 3. The molecule has 0 radical (unpaired) electrons. The Hall–Kier alpha value is -2.31. The molecule has 48 heavy (non-hydrogen) atoms. The Labute approximate surface area is 311 Å². The molecule has 3 heteroatoms. The maximum Gasteiger partial charge on any atom is -1.00 e. The maximum absolute atomic E-state index is 2.84. The first kappa shape index (κ1) is 38.5. The van der Waals surface area contributed by atoms with Crippen molar-refractivity contribution < 1.29 is 46.1 Å². The Morgan fingerprint density at radius 2 is 1.06 bits per heavy atom. The van der Waals surface area contributed by atoms with Gasteiger partial charge in [-0.3, -0.25) is 0 Å². The largest absolute Gasteiger partial charge is 1.00 e. The number of rotatable bonds is 4. The second kappa shape index (κ2) is 14.1. The molecule has 0 heterocycles. The minimum atomic E-state index is -2.84. The van der Waals surface area contributed by atoms with Gasteiger partial charge in [0.15, 0.2) is 0 Å². The van der Waals surface area contributed by atoms with Gasteiger partial charge in [0.05, 0.1) is 0 Å². The van der Waals surface area contributed by atoms with E-state index in [9.17, 15) is 0 Å². The van der Waals surface area contributed by atoms with Gasteiger partial charge in [0.25, 0.3) is 0 Å². The van der Waals surface area contributed by atoms with Gasteiger partial charge >= 0.3 is 288 Å². The number of hydrogen-bond donors (Lipinski definition) is 0. The van der Waals surface area contributed by atoms with Gasteiger partial charge in [0, 0.05) is 0 Å². The van der Waals surface area contributed by atoms with Gasteiger partial charge in [0.1, 0.15) is 0 Å². The quantitative estimate of drug-likeness (QED) is 0.238. The van der Waals surface area contributed by atoms with Crippen molar-refractivity contribution in [3.8, 4) is 11.1 Å². The van der Waals surface area contributed by atoms with Crippen molar-refractivity contribution in [2.24, 2.45) is 11.3 Å². The van der Waals surface area contributed by atoms with E-state index >= 15 is 0 Å². The summed E-state index contributed by atoms with van der Waals surface area (Å²) < 4.78 is 3.73. The number of hydrogen-bond acceptors (Lipinski definition) is 0. The predicted octanol–water partition coefficient (Wildman–Crippen LogP) is 6.06. The van der Waals surface area contributed by atoms with Crippen LogP contribution in [0.25, 0.3) is 11.1 Å². The van der Waals surface area contributed by atoms with E-state index in [2.05, 4.69) is 179 Å². The van der Waals surface area contributed by atoms with E-state index in [0.29, 0.717) is 9.54 Å². The second-order valence-electron chi connectivity index (χ2n) is 16.8. The molecule has 4 aromatic rings. The van der Waals surface area contributed by atoms with Crippen molar-refractivity contribution in [2.75, 3.05) is 0 Å². The minimum Gasteiger partial charge on any atom is -1.00 e. The molecule has 0 saturated carbocycles. The van der Waals surface area contributed by atoms with Gasteiger partial charge in [0.2, 0.25) is 0 Å². The van der Waals surface area contributed by atoms with Crippen LogP contribution < -0.4 is 24.8 Å². The summed E-state index contributed by atoms with van der Waals surface area (Å²) in [6.45, 7) is 25.9. The third-order valence-electron chi connectivity index (χ3n) is 10.1. The number of aryl methyl sites for hydroxylation is 1. The van der Waals surface area contributed by atoms with Crippen molar-refractivity contribution in [1.29, 1.82) is 0 Å². The van der Waals surface area contributed by atoms with E-state index in [4.69, 9.17) is 0 Å². The van der Waals surface area contributed by atoms with Gasteiger partial charge in [-0.2, -0.15) is 0 Å². The second-order valence-corrected chi connectivity index (χ2v) is 22.9. The topological polar surface area (TPSA) is 0 Å². The zero-order valence-corrected chi connectivity index (χ0v) is 34.7. The Morgan fingerprint density at radius 3 is 1.50 bits per heavy atom. The van der Waals surface area contributed by atoms with Crippen molar-refractivity contribution in [3.63, 3.8) is 0 Å². The smallest absolute Gasteiger partial charge is 1.00 e. The first-order valence-corrected chi connectivity index (χ1v) is 21.0. The first-order valence-electron chi connectivity index (χ1n) is 17.1. The van der Waals surface area contributed by atoms with E-state index in [1.54, 1.807) is 17.6 Å². The Bertz CT molecular complexity index is 1820. The van der Waals surface area contributed by atoms with Crippen molar-refractivity contribution in [2.45, 2.75) is 90.6 Å². The zero-order chi connectivity index (χ0) is 33.2. The average molecular weight is 755 g/mol. The summed E-state index contributed by atoms with van der Waals surface area (Å²) in [6.07, 6.45) is 5.23. The van der Waals surface area contributed by atoms with E-state index in [1.807, 2.05) is 0 Å². The van der Waals surface area contributed by atoms with Gasteiger partial charge in [-0.15, -0.1) is 0 Å². The Balaban J connectivity index is 0.00000260. The fourth-order valence-corrected chi connectivity index (χ4v) is 16.8. The Morgan fingerprint density at radius 1 is 0.583 bits per heavy atom. The molecule has 250 valence electrons. The molecule has 0 N–H and O–H groups in total. The third-order valence-corrected chi connectivity index (χ3v) is 18.8. The van der Waals surface area contributed by atoms with Crippen LogP contribution in [0.5, 0.6) is 0 Å². The molecule has 0 amide bonds. The van der Waals surface area contributed by atoms with Crippen molar-refractivity contribution in [1.82, 2.24) is 0 Å². The molecule has 0 bridgehead atoms. The fourth-order valence-electron chi connectivity index (χ4n) is 7.25. The normalized spacial score (nSPS) is 16.2. The monoisotopic (exact) mass is 752 g/mol. The molecular weight excluding hydrogens is 703 g/mol. The Kier molecular flexibility index (Phi) is 11.3. The average Bonchev–Trinajstić information content (AvgIpc) is 3.53. The molecule has 0 nitrogen and oxygen atoms in total. The van der Waals surface area contributed by atoms with Crippen LogP contribution in [0.2, 0.25) is 0 Å². The van der Waals surface area contributed by atoms with Crippen molar-refractivity contribution in [3.05, 3.63) is 151 Å². The molecule has 0 aliphatic heterocycles. The molecule has 0 aromatic heterocycles. The zero-order valence-electron chi connectivity index (χ0n) is 30.7. The molecule has 1 atom stereocenters. The van der Waals surface area contributed by atoms with Crippen LogP contribution in [0.15, 0.2) is 112 Å². The molecule has 2 aliphatic rings. The first-order chi connectivity index (χ1) is 21.5. The van der Waals surface area contributed by atoms with Crippen LogP contribution in [0, 0.1) is 18.3 Å². The van der Waals surface area contributed by atoms with Crippen LogP contribution in [0.4, 0.5) is 0 Å². The third kappa shape index (κ3) is 7.41. The molecule has 0 fully saturated rings. The van der Waals surface area contributed by atoms with E-state index in [-0.39, 0.29) is 41.1 Å². The maximum atomic E-state index is 2.65.